The second-order valence-electron chi connectivity index (χ2n) is 5.29. The van der Waals surface area contributed by atoms with Gasteiger partial charge in [0, 0.05) is 21.9 Å². The molecular formula is C15H13BrN4O3. The van der Waals surface area contributed by atoms with Gasteiger partial charge in [0.05, 0.1) is 13.2 Å². The van der Waals surface area contributed by atoms with E-state index in [9.17, 15) is 4.79 Å². The standard InChI is InChI=1S/C15H13BrN4O3/c16-10-1-2-11-9(5-10)6-12(18-11)15(21)20-3-4-22-7-13(20)14-17-8-23-19-14/h1-2,5-6,8,13,18H,3-4,7H2/t13-/m1/s1. The minimum Gasteiger partial charge on any atom is -0.377 e. The van der Waals surface area contributed by atoms with Crippen LogP contribution in [0.2, 0.25) is 0 Å². The molecule has 118 valence electrons. The van der Waals surface area contributed by atoms with Crippen molar-refractivity contribution >= 4 is 32.7 Å². The van der Waals surface area contributed by atoms with Crippen LogP contribution in [0.3, 0.4) is 0 Å². The zero-order valence-electron chi connectivity index (χ0n) is 12.0. The maximum atomic E-state index is 12.9. The first kappa shape index (κ1) is 14.4. The highest BCUT2D eigenvalue weighted by Gasteiger charge is 2.32. The van der Waals surface area contributed by atoms with Gasteiger partial charge in [0.15, 0.2) is 5.82 Å². The number of hydrogen-bond acceptors (Lipinski definition) is 5. The molecular weight excluding hydrogens is 364 g/mol. The molecule has 7 nitrogen and oxygen atoms in total. The molecule has 0 unspecified atom stereocenters. The lowest BCUT2D eigenvalue weighted by molar-refractivity contribution is -0.00602. The van der Waals surface area contributed by atoms with E-state index in [1.807, 2.05) is 24.3 Å². The van der Waals surface area contributed by atoms with Gasteiger partial charge in [0.1, 0.15) is 11.7 Å². The van der Waals surface area contributed by atoms with Gasteiger partial charge in [-0.3, -0.25) is 4.79 Å². The summed E-state index contributed by atoms with van der Waals surface area (Å²) in [6.07, 6.45) is 1.26. The molecule has 1 saturated heterocycles. The van der Waals surface area contributed by atoms with Crippen molar-refractivity contribution in [1.82, 2.24) is 20.0 Å². The van der Waals surface area contributed by atoms with Crippen LogP contribution in [0.25, 0.3) is 10.9 Å². The first-order valence-electron chi connectivity index (χ1n) is 7.15. The molecule has 2 aromatic heterocycles. The number of nitrogens with zero attached hydrogens (tertiary/aromatic N) is 3. The Balaban J connectivity index is 1.67. The third-order valence-corrected chi connectivity index (χ3v) is 4.37. The molecule has 0 aliphatic carbocycles. The summed E-state index contributed by atoms with van der Waals surface area (Å²) in [5.41, 5.74) is 1.45. The normalized spacial score (nSPS) is 18.5. The molecule has 1 amide bonds. The maximum Gasteiger partial charge on any atom is 0.271 e. The molecule has 4 rings (SSSR count). The van der Waals surface area contributed by atoms with Crippen molar-refractivity contribution in [2.24, 2.45) is 0 Å². The number of carbonyl (C=O) groups excluding carboxylic acids is 1. The van der Waals surface area contributed by atoms with Crippen LogP contribution < -0.4 is 0 Å². The lowest BCUT2D eigenvalue weighted by atomic mass is 10.2. The second kappa shape index (κ2) is 5.78. The fourth-order valence-electron chi connectivity index (χ4n) is 2.76. The average molecular weight is 377 g/mol. The van der Waals surface area contributed by atoms with E-state index in [1.165, 1.54) is 6.39 Å². The Bertz CT molecular complexity index is 846. The van der Waals surface area contributed by atoms with Crippen molar-refractivity contribution < 1.29 is 14.1 Å². The average Bonchev–Trinajstić information content (AvgIpc) is 3.23. The number of hydrogen-bond donors (Lipinski definition) is 1. The smallest absolute Gasteiger partial charge is 0.271 e. The van der Waals surface area contributed by atoms with Crippen LogP contribution >= 0.6 is 15.9 Å². The maximum absolute atomic E-state index is 12.9. The van der Waals surface area contributed by atoms with Crippen molar-refractivity contribution in [2.45, 2.75) is 6.04 Å². The fourth-order valence-corrected chi connectivity index (χ4v) is 3.14. The molecule has 1 aliphatic rings. The minimum atomic E-state index is -0.340. The number of aromatic nitrogens is 3. The molecule has 3 aromatic rings. The van der Waals surface area contributed by atoms with Crippen LogP contribution in [0.15, 0.2) is 39.7 Å². The van der Waals surface area contributed by atoms with E-state index in [1.54, 1.807) is 4.90 Å². The van der Waals surface area contributed by atoms with Crippen molar-refractivity contribution in [3.63, 3.8) is 0 Å². The Kier molecular flexibility index (Phi) is 3.62. The largest absolute Gasteiger partial charge is 0.377 e. The van der Waals surface area contributed by atoms with Crippen LogP contribution in [0.5, 0.6) is 0 Å². The lowest BCUT2D eigenvalue weighted by Gasteiger charge is -2.33. The van der Waals surface area contributed by atoms with Gasteiger partial charge in [-0.25, -0.2) is 0 Å². The van der Waals surface area contributed by atoms with E-state index in [0.29, 0.717) is 31.3 Å². The van der Waals surface area contributed by atoms with E-state index < -0.39 is 0 Å². The lowest BCUT2D eigenvalue weighted by Crippen LogP contribution is -2.44. The number of carbonyl (C=O) groups is 1. The predicted octanol–water partition coefficient (Wildman–Crippen LogP) is 2.53. The molecule has 1 N–H and O–H groups in total. The van der Waals surface area contributed by atoms with Gasteiger partial charge in [0.25, 0.3) is 5.91 Å². The topological polar surface area (TPSA) is 84.2 Å². The molecule has 0 saturated carbocycles. The number of nitrogens with one attached hydrogen (secondary N) is 1. The number of halogens is 1. The Labute approximate surface area is 139 Å². The third kappa shape index (κ3) is 2.64. The molecule has 1 aromatic carbocycles. The highest BCUT2D eigenvalue weighted by atomic mass is 79.9. The van der Waals surface area contributed by atoms with E-state index in [0.717, 1.165) is 15.4 Å². The minimum absolute atomic E-state index is 0.101. The highest BCUT2D eigenvalue weighted by Crippen LogP contribution is 2.26. The van der Waals surface area contributed by atoms with Crippen molar-refractivity contribution in [1.29, 1.82) is 0 Å². The Morgan fingerprint density at radius 1 is 1.39 bits per heavy atom. The van der Waals surface area contributed by atoms with Gasteiger partial charge in [0.2, 0.25) is 6.39 Å². The third-order valence-electron chi connectivity index (χ3n) is 3.88. The molecule has 1 aliphatic heterocycles. The molecule has 8 heteroatoms. The zero-order valence-corrected chi connectivity index (χ0v) is 13.6. The quantitative estimate of drug-likeness (QED) is 0.742. The summed E-state index contributed by atoms with van der Waals surface area (Å²) in [5, 5.41) is 4.82. The van der Waals surface area contributed by atoms with E-state index in [4.69, 9.17) is 9.26 Å². The Morgan fingerprint density at radius 2 is 2.30 bits per heavy atom. The van der Waals surface area contributed by atoms with Gasteiger partial charge in [-0.2, -0.15) is 4.98 Å². The second-order valence-corrected chi connectivity index (χ2v) is 6.21. The monoisotopic (exact) mass is 376 g/mol. The summed E-state index contributed by atoms with van der Waals surface area (Å²) in [6, 6.07) is 7.35. The molecule has 0 spiro atoms. The van der Waals surface area contributed by atoms with E-state index in [-0.39, 0.29) is 11.9 Å². The molecule has 1 fully saturated rings. The number of fused-ring (bicyclic) bond motifs is 1. The SMILES string of the molecule is O=C(c1cc2cc(Br)ccc2[nH]1)N1CCOC[C@@H]1c1ncon1. The molecule has 3 heterocycles. The summed E-state index contributed by atoms with van der Waals surface area (Å²) in [4.78, 5) is 21.8. The Hall–Kier alpha value is -2.19. The molecule has 0 radical (unpaired) electrons. The first-order chi connectivity index (χ1) is 11.2. The van der Waals surface area contributed by atoms with Crippen LogP contribution in [-0.2, 0) is 4.74 Å². The van der Waals surface area contributed by atoms with Gasteiger partial charge in [-0.15, -0.1) is 0 Å². The number of H-pyrrole nitrogens is 1. The van der Waals surface area contributed by atoms with Crippen LogP contribution in [0.1, 0.15) is 22.4 Å². The molecule has 23 heavy (non-hydrogen) atoms. The number of morpholine rings is 1. The molecule has 0 bridgehead atoms. The van der Waals surface area contributed by atoms with Crippen molar-refractivity contribution in [2.75, 3.05) is 19.8 Å². The molecule has 1 atom stereocenters. The van der Waals surface area contributed by atoms with Gasteiger partial charge >= 0.3 is 0 Å². The van der Waals surface area contributed by atoms with Gasteiger partial charge in [-0.1, -0.05) is 21.1 Å². The number of benzene rings is 1. The van der Waals surface area contributed by atoms with Crippen molar-refractivity contribution in [3.05, 3.63) is 46.7 Å². The van der Waals surface area contributed by atoms with E-state index >= 15 is 0 Å². The summed E-state index contributed by atoms with van der Waals surface area (Å²) in [5.74, 6) is 0.354. The van der Waals surface area contributed by atoms with E-state index in [2.05, 4.69) is 31.1 Å². The Morgan fingerprint density at radius 3 is 3.13 bits per heavy atom. The number of amides is 1. The van der Waals surface area contributed by atoms with Gasteiger partial charge in [-0.05, 0) is 24.3 Å². The number of ether oxygens (including phenoxy) is 1. The van der Waals surface area contributed by atoms with Crippen LogP contribution in [0, 0.1) is 0 Å². The fraction of sp³-hybridized carbons (Fsp3) is 0.267. The summed E-state index contributed by atoms with van der Waals surface area (Å²) in [7, 11) is 0. The predicted molar refractivity (Wildman–Crippen MR) is 84.9 cm³/mol. The van der Waals surface area contributed by atoms with Crippen LogP contribution in [0.4, 0.5) is 0 Å². The van der Waals surface area contributed by atoms with Crippen molar-refractivity contribution in [3.8, 4) is 0 Å². The summed E-state index contributed by atoms with van der Waals surface area (Å²) >= 11 is 3.44. The van der Waals surface area contributed by atoms with Gasteiger partial charge < -0.3 is 19.1 Å². The van der Waals surface area contributed by atoms with Crippen LogP contribution in [-0.4, -0.2) is 45.7 Å². The number of rotatable bonds is 2. The summed E-state index contributed by atoms with van der Waals surface area (Å²) in [6.45, 7) is 1.33. The highest BCUT2D eigenvalue weighted by molar-refractivity contribution is 9.10. The number of aromatic amines is 1. The first-order valence-corrected chi connectivity index (χ1v) is 7.95. The zero-order chi connectivity index (χ0) is 15.8. The summed E-state index contributed by atoms with van der Waals surface area (Å²) < 4.78 is 11.2.